The van der Waals surface area contributed by atoms with Crippen LogP contribution < -0.4 is 4.74 Å². The molecule has 3 unspecified atom stereocenters. The highest BCUT2D eigenvalue weighted by Crippen LogP contribution is 2.73. The normalized spacial score (nSPS) is 35.9. The van der Waals surface area contributed by atoms with Crippen LogP contribution in [0.15, 0.2) is 18.2 Å². The van der Waals surface area contributed by atoms with E-state index in [0.717, 1.165) is 50.7 Å². The molecule has 186 valence electrons. The Labute approximate surface area is 204 Å². The summed E-state index contributed by atoms with van der Waals surface area (Å²) in [4.78, 5) is 30.2. The standard InChI is InChI=1S/C29H41NO4/c1-5-7-8-11-25(31)29(26(32)34-6-2)19-28-15-10-9-14-27(28)18-24(29)30(3)23(28)16-20-12-13-21(33-4)17-22(20)27/h12-13,17,23-24H,5-11,14-16,18-19H2,1-4H3/t23?,24?,27-,28-,29?/m1/s1. The van der Waals surface area contributed by atoms with Crippen LogP contribution in [0, 0.1) is 10.8 Å². The van der Waals surface area contributed by atoms with Gasteiger partial charge < -0.3 is 9.47 Å². The highest BCUT2D eigenvalue weighted by Gasteiger charge is 2.76. The zero-order valence-corrected chi connectivity index (χ0v) is 21.5. The first kappa shape index (κ1) is 23.8. The van der Waals surface area contributed by atoms with Gasteiger partial charge in [-0.2, -0.15) is 0 Å². The molecule has 5 aliphatic rings. The predicted octanol–water partition coefficient (Wildman–Crippen LogP) is 5.22. The van der Waals surface area contributed by atoms with Crippen LogP contribution in [0.5, 0.6) is 5.75 Å². The fraction of sp³-hybridized carbons (Fsp3) is 0.724. The topological polar surface area (TPSA) is 55.8 Å². The molecule has 1 aromatic rings. The molecule has 0 radical (unpaired) electrons. The van der Waals surface area contributed by atoms with Crippen LogP contribution in [-0.2, 0) is 26.2 Å². The average Bonchev–Trinajstić information content (AvgIpc) is 2.85. The molecule has 0 N–H and O–H groups in total. The lowest BCUT2D eigenvalue weighted by Crippen LogP contribution is -2.80. The minimum atomic E-state index is -1.04. The number of unbranched alkanes of at least 4 members (excludes halogenated alkanes) is 2. The smallest absolute Gasteiger partial charge is 0.321 e. The Hall–Kier alpha value is -1.88. The Morgan fingerprint density at radius 1 is 1.12 bits per heavy atom. The van der Waals surface area contributed by atoms with Crippen molar-refractivity contribution in [3.63, 3.8) is 0 Å². The Balaban J connectivity index is 1.66. The van der Waals surface area contributed by atoms with Gasteiger partial charge in [-0.15, -0.1) is 0 Å². The second-order valence-corrected chi connectivity index (χ2v) is 11.3. The van der Waals surface area contributed by atoms with Crippen LogP contribution in [0.3, 0.4) is 0 Å². The van der Waals surface area contributed by atoms with E-state index in [1.807, 2.05) is 6.92 Å². The molecule has 2 saturated carbocycles. The number of nitrogens with zero attached hydrogens (tertiary/aromatic N) is 1. The zero-order valence-electron chi connectivity index (χ0n) is 21.5. The highest BCUT2D eigenvalue weighted by atomic mass is 16.5. The number of esters is 1. The lowest BCUT2D eigenvalue weighted by atomic mass is 9.35. The first-order chi connectivity index (χ1) is 16.4. The monoisotopic (exact) mass is 467 g/mol. The van der Waals surface area contributed by atoms with Gasteiger partial charge in [0.1, 0.15) is 11.2 Å². The van der Waals surface area contributed by atoms with Gasteiger partial charge in [0.25, 0.3) is 0 Å². The molecular weight excluding hydrogens is 426 g/mol. The molecule has 6 rings (SSSR count). The number of Topliss-reactive ketones (excluding diaryl/α,β-unsaturated/α-hetero) is 1. The van der Waals surface area contributed by atoms with Crippen molar-refractivity contribution in [2.45, 2.75) is 102 Å². The first-order valence-electron chi connectivity index (χ1n) is 13.5. The maximum absolute atomic E-state index is 14.0. The molecule has 1 aromatic carbocycles. The number of hydrogen-bond donors (Lipinski definition) is 0. The Morgan fingerprint density at radius 2 is 1.91 bits per heavy atom. The lowest BCUT2D eigenvalue weighted by molar-refractivity contribution is -0.223. The average molecular weight is 468 g/mol. The minimum Gasteiger partial charge on any atom is -0.497 e. The molecule has 4 fully saturated rings. The van der Waals surface area contributed by atoms with Crippen molar-refractivity contribution >= 4 is 11.8 Å². The quantitative estimate of drug-likeness (QED) is 0.298. The van der Waals surface area contributed by atoms with Crippen LogP contribution >= 0.6 is 0 Å². The Bertz CT molecular complexity index is 975. The molecule has 2 aliphatic heterocycles. The number of ketones is 1. The highest BCUT2D eigenvalue weighted by molar-refractivity contribution is 6.05. The summed E-state index contributed by atoms with van der Waals surface area (Å²) in [6.45, 7) is 4.33. The number of piperidine rings is 2. The van der Waals surface area contributed by atoms with Gasteiger partial charge in [-0.1, -0.05) is 38.7 Å². The van der Waals surface area contributed by atoms with Gasteiger partial charge >= 0.3 is 5.97 Å². The molecule has 5 heteroatoms. The number of rotatable bonds is 8. The number of fused-ring (bicyclic) bond motifs is 2. The van der Waals surface area contributed by atoms with Gasteiger partial charge in [-0.3, -0.25) is 14.5 Å². The predicted molar refractivity (Wildman–Crippen MR) is 132 cm³/mol. The van der Waals surface area contributed by atoms with Crippen molar-refractivity contribution < 1.29 is 19.1 Å². The van der Waals surface area contributed by atoms with Crippen molar-refractivity contribution in [1.29, 1.82) is 0 Å². The third kappa shape index (κ3) is 3.01. The van der Waals surface area contributed by atoms with Crippen LogP contribution in [0.1, 0.15) is 89.2 Å². The molecule has 3 aliphatic carbocycles. The molecule has 4 bridgehead atoms. The summed E-state index contributed by atoms with van der Waals surface area (Å²) in [5.74, 6) is 0.769. The third-order valence-electron chi connectivity index (χ3n) is 10.1. The molecule has 0 aromatic heterocycles. The molecular formula is C29H41NO4. The number of likely N-dealkylation sites (N-methyl/N-ethyl adjacent to an activating group) is 1. The molecule has 5 atom stereocenters. The molecule has 5 nitrogen and oxygen atoms in total. The Kier molecular flexibility index (Phi) is 6.07. The summed E-state index contributed by atoms with van der Waals surface area (Å²) in [6.07, 6.45) is 10.5. The SMILES string of the molecule is CCCCCC(=O)C1(C(=O)OCC)C[C@@]23CCCC[C@]24CC1N(C)C3Cc1ccc(OC)cc14. The van der Waals surface area contributed by atoms with E-state index in [-0.39, 0.29) is 28.6 Å². The fourth-order valence-electron chi connectivity index (χ4n) is 8.73. The number of benzene rings is 1. The van der Waals surface area contributed by atoms with Crippen LogP contribution in [0.2, 0.25) is 0 Å². The second kappa shape index (κ2) is 8.65. The van der Waals surface area contributed by atoms with Crippen molar-refractivity contribution in [3.05, 3.63) is 29.3 Å². The van der Waals surface area contributed by atoms with Gasteiger partial charge in [-0.25, -0.2) is 0 Å². The molecule has 2 saturated heterocycles. The summed E-state index contributed by atoms with van der Waals surface area (Å²) in [5.41, 5.74) is 1.74. The van der Waals surface area contributed by atoms with Crippen molar-refractivity contribution in [3.8, 4) is 5.75 Å². The number of methoxy groups -OCH3 is 1. The number of hydrogen-bond acceptors (Lipinski definition) is 5. The van der Waals surface area contributed by atoms with Gasteiger partial charge in [-0.05, 0) is 81.2 Å². The van der Waals surface area contributed by atoms with Gasteiger partial charge in [0.05, 0.1) is 13.7 Å². The Morgan fingerprint density at radius 3 is 2.65 bits per heavy atom. The van der Waals surface area contributed by atoms with E-state index in [4.69, 9.17) is 9.47 Å². The number of carbonyl (C=O) groups is 2. The molecule has 1 spiro atoms. The largest absolute Gasteiger partial charge is 0.497 e. The first-order valence-corrected chi connectivity index (χ1v) is 13.5. The fourth-order valence-corrected chi connectivity index (χ4v) is 8.73. The number of ether oxygens (including phenoxy) is 2. The maximum Gasteiger partial charge on any atom is 0.321 e. The summed E-state index contributed by atoms with van der Waals surface area (Å²) in [7, 11) is 3.92. The van der Waals surface area contributed by atoms with Crippen molar-refractivity contribution in [1.82, 2.24) is 4.90 Å². The maximum atomic E-state index is 14.0. The number of carbonyl (C=O) groups excluding carboxylic acids is 2. The lowest BCUT2D eigenvalue weighted by Gasteiger charge is -2.74. The third-order valence-corrected chi connectivity index (χ3v) is 10.1. The zero-order chi connectivity index (χ0) is 24.1. The van der Waals surface area contributed by atoms with Crippen LogP contribution in [0.25, 0.3) is 0 Å². The summed E-state index contributed by atoms with van der Waals surface area (Å²) >= 11 is 0. The van der Waals surface area contributed by atoms with Gasteiger partial charge in [0.15, 0.2) is 5.78 Å². The van der Waals surface area contributed by atoms with E-state index in [2.05, 4.69) is 37.1 Å². The second-order valence-electron chi connectivity index (χ2n) is 11.3. The summed E-state index contributed by atoms with van der Waals surface area (Å²) < 4.78 is 11.4. The van der Waals surface area contributed by atoms with Crippen LogP contribution in [0.4, 0.5) is 0 Å². The van der Waals surface area contributed by atoms with Crippen LogP contribution in [-0.4, -0.2) is 49.5 Å². The van der Waals surface area contributed by atoms with E-state index in [0.29, 0.717) is 25.5 Å². The summed E-state index contributed by atoms with van der Waals surface area (Å²) in [5, 5.41) is 0. The molecule has 34 heavy (non-hydrogen) atoms. The van der Waals surface area contributed by atoms with E-state index < -0.39 is 5.41 Å². The van der Waals surface area contributed by atoms with Gasteiger partial charge in [0.2, 0.25) is 0 Å². The van der Waals surface area contributed by atoms with Crippen molar-refractivity contribution in [2.24, 2.45) is 10.8 Å². The van der Waals surface area contributed by atoms with Gasteiger partial charge in [0, 0.05) is 23.9 Å². The molecule has 0 amide bonds. The van der Waals surface area contributed by atoms with E-state index in [1.165, 1.54) is 24.0 Å². The van der Waals surface area contributed by atoms with Crippen molar-refractivity contribution in [2.75, 3.05) is 20.8 Å². The van der Waals surface area contributed by atoms with E-state index in [9.17, 15) is 9.59 Å². The minimum absolute atomic E-state index is 0.00884. The molecule has 2 heterocycles. The van der Waals surface area contributed by atoms with E-state index in [1.54, 1.807) is 7.11 Å². The van der Waals surface area contributed by atoms with E-state index >= 15 is 0 Å². The summed E-state index contributed by atoms with van der Waals surface area (Å²) in [6, 6.07) is 6.87.